The van der Waals surface area contributed by atoms with E-state index in [-0.39, 0.29) is 11.8 Å². The number of benzene rings is 2. The molecule has 0 aliphatic carbocycles. The Morgan fingerprint density at radius 1 is 1.11 bits per heavy atom. The summed E-state index contributed by atoms with van der Waals surface area (Å²) in [5.74, 6) is 0.254. The van der Waals surface area contributed by atoms with Gasteiger partial charge < -0.3 is 5.11 Å². The third-order valence-corrected chi connectivity index (χ3v) is 3.26. The lowest BCUT2D eigenvalue weighted by Crippen LogP contribution is -1.91. The second kappa shape index (κ2) is 5.83. The first-order chi connectivity index (χ1) is 8.66. The first-order valence-corrected chi connectivity index (χ1v) is 6.53. The molecule has 2 nitrogen and oxygen atoms in total. The van der Waals surface area contributed by atoms with Crippen LogP contribution >= 0.6 is 15.9 Å². The van der Waals surface area contributed by atoms with Crippen molar-refractivity contribution in [2.45, 2.75) is 13.0 Å². The van der Waals surface area contributed by atoms with Gasteiger partial charge in [-0.15, -0.1) is 0 Å². The fraction of sp³-hybridized carbons (Fsp3) is 0.133. The fourth-order valence-corrected chi connectivity index (χ4v) is 1.88. The number of phenolic OH excluding ortho intramolecular Hbond substituents is 1. The van der Waals surface area contributed by atoms with Crippen LogP contribution in [0.4, 0.5) is 0 Å². The van der Waals surface area contributed by atoms with Gasteiger partial charge in [-0.05, 0) is 36.8 Å². The lowest BCUT2D eigenvalue weighted by molar-refractivity contribution is 0.474. The zero-order valence-corrected chi connectivity index (χ0v) is 11.6. The predicted molar refractivity (Wildman–Crippen MR) is 78.3 cm³/mol. The van der Waals surface area contributed by atoms with Crippen molar-refractivity contribution in [3.63, 3.8) is 0 Å². The summed E-state index contributed by atoms with van der Waals surface area (Å²) >= 11 is 3.41. The number of aromatic hydroxyl groups is 1. The van der Waals surface area contributed by atoms with E-state index >= 15 is 0 Å². The highest BCUT2D eigenvalue weighted by molar-refractivity contribution is 9.10. The molecule has 2 aromatic rings. The van der Waals surface area contributed by atoms with Crippen LogP contribution in [0.25, 0.3) is 0 Å². The Morgan fingerprint density at radius 2 is 1.78 bits per heavy atom. The zero-order chi connectivity index (χ0) is 13.0. The zero-order valence-electron chi connectivity index (χ0n) is 10.0. The number of phenols is 1. The molecule has 0 spiro atoms. The second-order valence-corrected chi connectivity index (χ2v) is 4.98. The van der Waals surface area contributed by atoms with E-state index in [4.69, 9.17) is 0 Å². The molecule has 0 aromatic heterocycles. The highest BCUT2D eigenvalue weighted by atomic mass is 79.9. The fourth-order valence-electron chi connectivity index (χ4n) is 1.62. The van der Waals surface area contributed by atoms with Gasteiger partial charge in [0.2, 0.25) is 0 Å². The number of halogens is 1. The number of para-hydroxylation sites is 1. The van der Waals surface area contributed by atoms with Crippen LogP contribution in [-0.4, -0.2) is 11.3 Å². The average Bonchev–Trinajstić information content (AvgIpc) is 2.38. The molecule has 0 aliphatic heterocycles. The number of hydrogen-bond donors (Lipinski definition) is 1. The number of hydrogen-bond acceptors (Lipinski definition) is 2. The number of nitrogens with zero attached hydrogens (tertiary/aromatic N) is 1. The maximum atomic E-state index is 9.63. The Labute approximate surface area is 115 Å². The van der Waals surface area contributed by atoms with Gasteiger partial charge in [0.15, 0.2) is 0 Å². The third-order valence-electron chi connectivity index (χ3n) is 2.73. The van der Waals surface area contributed by atoms with Crippen LogP contribution in [0.3, 0.4) is 0 Å². The molecule has 2 rings (SSSR count). The van der Waals surface area contributed by atoms with Gasteiger partial charge in [-0.25, -0.2) is 0 Å². The first kappa shape index (κ1) is 12.8. The SMILES string of the molecule is C[C@@H](N=Cc1ccccc1O)c1ccc(Br)cc1. The first-order valence-electron chi connectivity index (χ1n) is 5.73. The molecule has 3 heteroatoms. The molecule has 18 heavy (non-hydrogen) atoms. The Hall–Kier alpha value is -1.61. The molecule has 0 radical (unpaired) electrons. The van der Waals surface area contributed by atoms with Crippen LogP contribution in [0.5, 0.6) is 5.75 Å². The van der Waals surface area contributed by atoms with Crippen LogP contribution in [0.1, 0.15) is 24.1 Å². The monoisotopic (exact) mass is 303 g/mol. The van der Waals surface area contributed by atoms with Crippen molar-refractivity contribution in [3.8, 4) is 5.75 Å². The van der Waals surface area contributed by atoms with Gasteiger partial charge in [-0.2, -0.15) is 0 Å². The number of aliphatic imine (C=N–C) groups is 1. The van der Waals surface area contributed by atoms with Gasteiger partial charge in [0.05, 0.1) is 6.04 Å². The largest absolute Gasteiger partial charge is 0.507 e. The molecular formula is C15H14BrNO. The minimum atomic E-state index is 0.0673. The predicted octanol–water partition coefficient (Wildman–Crippen LogP) is 4.33. The van der Waals surface area contributed by atoms with E-state index in [0.29, 0.717) is 0 Å². The molecule has 0 unspecified atom stereocenters. The molecule has 0 saturated carbocycles. The lowest BCUT2D eigenvalue weighted by Gasteiger charge is -2.06. The molecular weight excluding hydrogens is 290 g/mol. The van der Waals surface area contributed by atoms with Gasteiger partial charge in [0, 0.05) is 16.3 Å². The van der Waals surface area contributed by atoms with E-state index in [0.717, 1.165) is 15.6 Å². The quantitative estimate of drug-likeness (QED) is 0.841. The van der Waals surface area contributed by atoms with E-state index < -0.39 is 0 Å². The molecule has 2 aromatic carbocycles. The Kier molecular flexibility index (Phi) is 4.15. The van der Waals surface area contributed by atoms with E-state index in [1.807, 2.05) is 43.3 Å². The van der Waals surface area contributed by atoms with E-state index in [9.17, 15) is 5.11 Å². The van der Waals surface area contributed by atoms with Crippen molar-refractivity contribution >= 4 is 22.1 Å². The molecule has 0 bridgehead atoms. The highest BCUT2D eigenvalue weighted by Crippen LogP contribution is 2.20. The Balaban J connectivity index is 2.14. The van der Waals surface area contributed by atoms with E-state index in [1.54, 1.807) is 18.3 Å². The van der Waals surface area contributed by atoms with Crippen molar-refractivity contribution in [1.29, 1.82) is 0 Å². The molecule has 0 aliphatic rings. The highest BCUT2D eigenvalue weighted by Gasteiger charge is 2.02. The Morgan fingerprint density at radius 3 is 2.44 bits per heavy atom. The molecule has 1 N–H and O–H groups in total. The summed E-state index contributed by atoms with van der Waals surface area (Å²) in [6, 6.07) is 15.3. The molecule has 92 valence electrons. The minimum absolute atomic E-state index is 0.0673. The third kappa shape index (κ3) is 3.20. The average molecular weight is 304 g/mol. The van der Waals surface area contributed by atoms with Crippen molar-refractivity contribution in [2.24, 2.45) is 4.99 Å². The second-order valence-electron chi connectivity index (χ2n) is 4.06. The maximum Gasteiger partial charge on any atom is 0.124 e. The molecule has 0 saturated heterocycles. The lowest BCUT2D eigenvalue weighted by atomic mass is 10.1. The van der Waals surface area contributed by atoms with Crippen LogP contribution in [0.15, 0.2) is 58.0 Å². The van der Waals surface area contributed by atoms with Crippen LogP contribution in [0.2, 0.25) is 0 Å². The standard InChI is InChI=1S/C15H14BrNO/c1-11(12-6-8-14(16)9-7-12)17-10-13-4-2-3-5-15(13)18/h2-11,18H,1H3/t11-/m1/s1. The summed E-state index contributed by atoms with van der Waals surface area (Å²) in [6.07, 6.45) is 1.71. The van der Waals surface area contributed by atoms with Gasteiger partial charge in [0.1, 0.15) is 5.75 Å². The van der Waals surface area contributed by atoms with Crippen molar-refractivity contribution in [2.75, 3.05) is 0 Å². The minimum Gasteiger partial charge on any atom is -0.507 e. The number of rotatable bonds is 3. The molecule has 1 atom stereocenters. The smallest absolute Gasteiger partial charge is 0.124 e. The summed E-state index contributed by atoms with van der Waals surface area (Å²) in [6.45, 7) is 2.03. The summed E-state index contributed by atoms with van der Waals surface area (Å²) in [4.78, 5) is 4.45. The summed E-state index contributed by atoms with van der Waals surface area (Å²) in [5.41, 5.74) is 1.88. The van der Waals surface area contributed by atoms with Gasteiger partial charge in [-0.3, -0.25) is 4.99 Å². The maximum absolute atomic E-state index is 9.63. The van der Waals surface area contributed by atoms with Gasteiger partial charge >= 0.3 is 0 Å². The molecule has 0 heterocycles. The van der Waals surface area contributed by atoms with Gasteiger partial charge in [0.25, 0.3) is 0 Å². The van der Waals surface area contributed by atoms with Crippen LogP contribution < -0.4 is 0 Å². The molecule has 0 amide bonds. The van der Waals surface area contributed by atoms with Crippen molar-refractivity contribution in [3.05, 3.63) is 64.1 Å². The summed E-state index contributed by atoms with van der Waals surface area (Å²) in [5, 5.41) is 9.63. The van der Waals surface area contributed by atoms with E-state index in [2.05, 4.69) is 20.9 Å². The van der Waals surface area contributed by atoms with Crippen LogP contribution in [0, 0.1) is 0 Å². The van der Waals surface area contributed by atoms with Crippen LogP contribution in [-0.2, 0) is 0 Å². The Bertz CT molecular complexity index is 549. The molecule has 0 fully saturated rings. The van der Waals surface area contributed by atoms with Crippen molar-refractivity contribution in [1.82, 2.24) is 0 Å². The van der Waals surface area contributed by atoms with Crippen molar-refractivity contribution < 1.29 is 5.11 Å². The normalized spacial score (nSPS) is 12.8. The van der Waals surface area contributed by atoms with E-state index in [1.165, 1.54) is 0 Å². The summed E-state index contributed by atoms with van der Waals surface area (Å²) in [7, 11) is 0. The topological polar surface area (TPSA) is 32.6 Å². The van der Waals surface area contributed by atoms with Gasteiger partial charge in [-0.1, -0.05) is 40.2 Å². The summed E-state index contributed by atoms with van der Waals surface area (Å²) < 4.78 is 1.06.